The van der Waals surface area contributed by atoms with E-state index in [0.29, 0.717) is 11.6 Å². The van der Waals surface area contributed by atoms with Crippen molar-refractivity contribution in [1.82, 2.24) is 9.78 Å². The van der Waals surface area contributed by atoms with Crippen LogP contribution in [0.4, 0.5) is 0 Å². The van der Waals surface area contributed by atoms with Crippen molar-refractivity contribution in [2.75, 3.05) is 13.7 Å². The molecule has 0 atom stereocenters. The van der Waals surface area contributed by atoms with Crippen LogP contribution in [0.5, 0.6) is 5.75 Å². The molecule has 1 heterocycles. The average molecular weight is 266 g/mol. The number of benzene rings is 1. The molecule has 0 aliphatic heterocycles. The first-order valence-corrected chi connectivity index (χ1v) is 6.10. The van der Waals surface area contributed by atoms with Crippen LogP contribution in [0.2, 0.25) is 5.02 Å². The number of aromatic nitrogens is 2. The minimum atomic E-state index is 0.590. The first kappa shape index (κ1) is 12.9. The topological polar surface area (TPSA) is 53.1 Å². The molecule has 2 aromatic rings. The molecule has 0 aliphatic carbocycles. The van der Waals surface area contributed by atoms with E-state index in [9.17, 15) is 0 Å². The summed E-state index contributed by atoms with van der Waals surface area (Å²) in [6, 6.07) is 7.63. The van der Waals surface area contributed by atoms with E-state index in [1.807, 2.05) is 29.9 Å². The summed E-state index contributed by atoms with van der Waals surface area (Å²) in [5.41, 5.74) is 8.43. The van der Waals surface area contributed by atoms with Gasteiger partial charge >= 0.3 is 0 Å². The van der Waals surface area contributed by atoms with Crippen molar-refractivity contribution in [3.8, 4) is 17.0 Å². The molecule has 2 rings (SSSR count). The molecule has 0 radical (unpaired) electrons. The number of aryl methyl sites for hydroxylation is 1. The summed E-state index contributed by atoms with van der Waals surface area (Å²) < 4.78 is 6.95. The molecule has 0 unspecified atom stereocenters. The Morgan fingerprint density at radius 2 is 2.17 bits per heavy atom. The number of nitrogens with zero attached hydrogens (tertiary/aromatic N) is 2. The molecule has 1 aromatic carbocycles. The molecule has 96 valence electrons. The molecule has 0 saturated carbocycles. The van der Waals surface area contributed by atoms with E-state index in [0.717, 1.165) is 29.1 Å². The Balaban J connectivity index is 2.41. The minimum Gasteiger partial charge on any atom is -0.497 e. The number of halogens is 1. The molecule has 0 saturated heterocycles. The molecule has 4 nitrogen and oxygen atoms in total. The number of ether oxygens (including phenoxy) is 1. The van der Waals surface area contributed by atoms with E-state index in [2.05, 4.69) is 5.10 Å². The van der Waals surface area contributed by atoms with Gasteiger partial charge in [0.1, 0.15) is 5.75 Å². The van der Waals surface area contributed by atoms with Crippen molar-refractivity contribution in [1.29, 1.82) is 0 Å². The lowest BCUT2D eigenvalue weighted by molar-refractivity contribution is 0.415. The molecule has 0 amide bonds. The van der Waals surface area contributed by atoms with Gasteiger partial charge in [-0.2, -0.15) is 5.10 Å². The highest BCUT2D eigenvalue weighted by Crippen LogP contribution is 2.31. The van der Waals surface area contributed by atoms with Crippen LogP contribution in [0.1, 0.15) is 5.69 Å². The average Bonchev–Trinajstić information content (AvgIpc) is 2.70. The normalized spacial score (nSPS) is 10.7. The van der Waals surface area contributed by atoms with Crippen LogP contribution >= 0.6 is 11.6 Å². The van der Waals surface area contributed by atoms with Crippen molar-refractivity contribution in [2.45, 2.75) is 6.42 Å². The third kappa shape index (κ3) is 2.49. The summed E-state index contributed by atoms with van der Waals surface area (Å²) in [5.74, 6) is 0.744. The third-order valence-electron chi connectivity index (χ3n) is 2.78. The summed E-state index contributed by atoms with van der Waals surface area (Å²) in [4.78, 5) is 0. The Kier molecular flexibility index (Phi) is 3.89. The molecule has 1 aromatic heterocycles. The van der Waals surface area contributed by atoms with E-state index < -0.39 is 0 Å². The van der Waals surface area contributed by atoms with Gasteiger partial charge in [0.25, 0.3) is 0 Å². The van der Waals surface area contributed by atoms with Crippen molar-refractivity contribution in [2.24, 2.45) is 12.8 Å². The second-order valence-electron chi connectivity index (χ2n) is 4.03. The fourth-order valence-electron chi connectivity index (χ4n) is 1.88. The van der Waals surface area contributed by atoms with E-state index in [-0.39, 0.29) is 0 Å². The lowest BCUT2D eigenvalue weighted by atomic mass is 10.1. The zero-order chi connectivity index (χ0) is 13.1. The lowest BCUT2D eigenvalue weighted by Gasteiger charge is -2.06. The van der Waals surface area contributed by atoms with Crippen LogP contribution < -0.4 is 10.5 Å². The predicted octanol–water partition coefficient (Wildman–Crippen LogP) is 2.25. The number of hydrogen-bond acceptors (Lipinski definition) is 3. The Labute approximate surface area is 111 Å². The molecule has 18 heavy (non-hydrogen) atoms. The number of rotatable bonds is 4. The third-order valence-corrected chi connectivity index (χ3v) is 3.10. The summed E-state index contributed by atoms with van der Waals surface area (Å²) >= 11 is 6.26. The maximum absolute atomic E-state index is 6.26. The maximum Gasteiger partial charge on any atom is 0.120 e. The molecule has 0 spiro atoms. The van der Waals surface area contributed by atoms with Crippen molar-refractivity contribution in [3.05, 3.63) is 35.0 Å². The second kappa shape index (κ2) is 5.42. The molecule has 0 fully saturated rings. The summed E-state index contributed by atoms with van der Waals surface area (Å²) in [5, 5.41) is 5.06. The molecular weight excluding hydrogens is 250 g/mol. The van der Waals surface area contributed by atoms with Crippen LogP contribution in [-0.2, 0) is 13.5 Å². The van der Waals surface area contributed by atoms with Crippen molar-refractivity contribution >= 4 is 11.6 Å². The van der Waals surface area contributed by atoms with Gasteiger partial charge in [-0.15, -0.1) is 0 Å². The molecule has 2 N–H and O–H groups in total. The van der Waals surface area contributed by atoms with E-state index >= 15 is 0 Å². The standard InChI is InChI=1S/C13H16ClN3O/c1-17-13(7-9(16-17)5-6-15)11-4-3-10(18-2)8-12(11)14/h3-4,7-8H,5-6,15H2,1-2H3. The minimum absolute atomic E-state index is 0.590. The van der Waals surface area contributed by atoms with Gasteiger partial charge in [-0.05, 0) is 30.8 Å². The Bertz CT molecular complexity index is 551. The highest BCUT2D eigenvalue weighted by Gasteiger charge is 2.11. The smallest absolute Gasteiger partial charge is 0.120 e. The summed E-state index contributed by atoms with van der Waals surface area (Å²) in [6.07, 6.45) is 0.765. The summed E-state index contributed by atoms with van der Waals surface area (Å²) in [7, 11) is 3.52. The lowest BCUT2D eigenvalue weighted by Crippen LogP contribution is -2.03. The Morgan fingerprint density at radius 3 is 2.78 bits per heavy atom. The van der Waals surface area contributed by atoms with Gasteiger partial charge in [-0.3, -0.25) is 4.68 Å². The highest BCUT2D eigenvalue weighted by atomic mass is 35.5. The monoisotopic (exact) mass is 265 g/mol. The summed E-state index contributed by atoms with van der Waals surface area (Å²) in [6.45, 7) is 0.590. The fourth-order valence-corrected chi connectivity index (χ4v) is 2.15. The van der Waals surface area contributed by atoms with Crippen LogP contribution in [0, 0.1) is 0 Å². The van der Waals surface area contributed by atoms with E-state index in [1.165, 1.54) is 0 Å². The SMILES string of the molecule is COc1ccc(-c2cc(CCN)nn2C)c(Cl)c1. The molecule has 0 aliphatic rings. The zero-order valence-electron chi connectivity index (χ0n) is 10.5. The number of methoxy groups -OCH3 is 1. The first-order valence-electron chi connectivity index (χ1n) is 5.72. The Morgan fingerprint density at radius 1 is 1.39 bits per heavy atom. The largest absolute Gasteiger partial charge is 0.497 e. The second-order valence-corrected chi connectivity index (χ2v) is 4.44. The number of nitrogens with two attached hydrogens (primary N) is 1. The van der Waals surface area contributed by atoms with Gasteiger partial charge in [-0.1, -0.05) is 11.6 Å². The first-order chi connectivity index (χ1) is 8.65. The zero-order valence-corrected chi connectivity index (χ0v) is 11.2. The van der Waals surface area contributed by atoms with Crippen LogP contribution in [0.3, 0.4) is 0 Å². The predicted molar refractivity (Wildman–Crippen MR) is 73.0 cm³/mol. The van der Waals surface area contributed by atoms with Gasteiger partial charge < -0.3 is 10.5 Å². The van der Waals surface area contributed by atoms with Gasteiger partial charge in [0, 0.05) is 19.0 Å². The van der Waals surface area contributed by atoms with Gasteiger partial charge in [0.15, 0.2) is 0 Å². The number of hydrogen-bond donors (Lipinski definition) is 1. The maximum atomic E-state index is 6.26. The molecular formula is C13H16ClN3O. The van der Waals surface area contributed by atoms with Gasteiger partial charge in [0.2, 0.25) is 0 Å². The van der Waals surface area contributed by atoms with Crippen LogP contribution in [-0.4, -0.2) is 23.4 Å². The van der Waals surface area contributed by atoms with Crippen molar-refractivity contribution in [3.63, 3.8) is 0 Å². The van der Waals surface area contributed by atoms with Crippen LogP contribution in [0.15, 0.2) is 24.3 Å². The molecule has 5 heteroatoms. The van der Waals surface area contributed by atoms with Gasteiger partial charge in [-0.25, -0.2) is 0 Å². The van der Waals surface area contributed by atoms with Gasteiger partial charge in [0.05, 0.1) is 23.5 Å². The van der Waals surface area contributed by atoms with Crippen LogP contribution in [0.25, 0.3) is 11.3 Å². The highest BCUT2D eigenvalue weighted by molar-refractivity contribution is 6.33. The molecule has 0 bridgehead atoms. The van der Waals surface area contributed by atoms with E-state index in [4.69, 9.17) is 22.1 Å². The van der Waals surface area contributed by atoms with E-state index in [1.54, 1.807) is 13.2 Å². The quantitative estimate of drug-likeness (QED) is 0.923. The fraction of sp³-hybridized carbons (Fsp3) is 0.308. The Hall–Kier alpha value is -1.52. The van der Waals surface area contributed by atoms with Crippen molar-refractivity contribution < 1.29 is 4.74 Å².